The number of amides is 1. The predicted molar refractivity (Wildman–Crippen MR) is 106 cm³/mol. The number of benzene rings is 1. The number of carbonyl (C=O) groups is 1. The number of anilines is 1. The number of nitrogens with one attached hydrogen (secondary N) is 1. The molecule has 0 saturated carbocycles. The van der Waals surface area contributed by atoms with Crippen molar-refractivity contribution in [3.63, 3.8) is 0 Å². The lowest BCUT2D eigenvalue weighted by atomic mass is 10.0. The fourth-order valence-corrected chi connectivity index (χ4v) is 3.49. The van der Waals surface area contributed by atoms with Crippen LogP contribution in [0.1, 0.15) is 28.8 Å². The first-order valence-corrected chi connectivity index (χ1v) is 9.61. The van der Waals surface area contributed by atoms with Crippen LogP contribution in [0.3, 0.4) is 0 Å². The van der Waals surface area contributed by atoms with Crippen molar-refractivity contribution in [2.75, 3.05) is 32.6 Å². The molecular formula is C20H21ClF3N3O3. The first-order chi connectivity index (χ1) is 14.2. The standard InChI is InChI=1S/C20H21ClF3N3O3/c1-29-16-4-3-12(9-17(16)30-2)19(28)27-7-5-14(6-8-27)26-18-15(21)10-13(11-25-18)20(22,23)24/h3-4,9-11,14H,5-8H2,1-2H3,(H,25,26). The van der Waals surface area contributed by atoms with E-state index in [2.05, 4.69) is 10.3 Å². The molecule has 1 N–H and O–H groups in total. The van der Waals surface area contributed by atoms with Gasteiger partial charge >= 0.3 is 6.18 Å². The van der Waals surface area contributed by atoms with Crippen molar-refractivity contribution in [1.29, 1.82) is 0 Å². The highest BCUT2D eigenvalue weighted by atomic mass is 35.5. The molecule has 1 aliphatic rings. The van der Waals surface area contributed by atoms with Crippen LogP contribution in [0.25, 0.3) is 0 Å². The summed E-state index contributed by atoms with van der Waals surface area (Å²) < 4.78 is 48.6. The Balaban J connectivity index is 1.60. The molecule has 1 aliphatic heterocycles. The predicted octanol–water partition coefficient (Wildman–Crippen LogP) is 4.49. The molecule has 1 fully saturated rings. The van der Waals surface area contributed by atoms with Gasteiger partial charge in [-0.15, -0.1) is 0 Å². The quantitative estimate of drug-likeness (QED) is 0.737. The summed E-state index contributed by atoms with van der Waals surface area (Å²) >= 11 is 5.96. The highest BCUT2D eigenvalue weighted by Crippen LogP contribution is 2.33. The van der Waals surface area contributed by atoms with Gasteiger partial charge in [-0.3, -0.25) is 4.79 Å². The van der Waals surface area contributed by atoms with Crippen molar-refractivity contribution in [2.45, 2.75) is 25.1 Å². The number of hydrogen-bond donors (Lipinski definition) is 1. The summed E-state index contributed by atoms with van der Waals surface area (Å²) in [6.07, 6.45) is -2.52. The highest BCUT2D eigenvalue weighted by Gasteiger charge is 2.32. The monoisotopic (exact) mass is 443 g/mol. The molecule has 30 heavy (non-hydrogen) atoms. The van der Waals surface area contributed by atoms with E-state index in [0.29, 0.717) is 43.0 Å². The first kappa shape index (κ1) is 22.0. The molecule has 162 valence electrons. The number of methoxy groups -OCH3 is 2. The molecular weight excluding hydrogens is 423 g/mol. The molecule has 3 rings (SSSR count). The van der Waals surface area contributed by atoms with Gasteiger partial charge in [0.2, 0.25) is 0 Å². The molecule has 1 aromatic heterocycles. The fourth-order valence-electron chi connectivity index (χ4n) is 3.27. The van der Waals surface area contributed by atoms with Gasteiger partial charge in [0.25, 0.3) is 5.91 Å². The maximum absolute atomic E-state index is 12.8. The molecule has 0 spiro atoms. The molecule has 1 amide bonds. The van der Waals surface area contributed by atoms with Crippen molar-refractivity contribution in [3.8, 4) is 11.5 Å². The van der Waals surface area contributed by atoms with Gasteiger partial charge in [-0.1, -0.05) is 11.6 Å². The number of halogens is 4. The summed E-state index contributed by atoms with van der Waals surface area (Å²) in [5.74, 6) is 1.09. The molecule has 1 aromatic carbocycles. The molecule has 2 aromatic rings. The number of likely N-dealkylation sites (tertiary alicyclic amines) is 1. The summed E-state index contributed by atoms with van der Waals surface area (Å²) in [4.78, 5) is 18.3. The molecule has 0 aliphatic carbocycles. The van der Waals surface area contributed by atoms with Crippen LogP contribution in [0.5, 0.6) is 11.5 Å². The Bertz CT molecular complexity index is 916. The average Bonchev–Trinajstić information content (AvgIpc) is 2.74. The highest BCUT2D eigenvalue weighted by molar-refractivity contribution is 6.33. The van der Waals surface area contributed by atoms with E-state index in [9.17, 15) is 18.0 Å². The number of piperidine rings is 1. The van der Waals surface area contributed by atoms with Crippen molar-refractivity contribution in [1.82, 2.24) is 9.88 Å². The number of pyridine rings is 1. The maximum Gasteiger partial charge on any atom is 0.417 e. The van der Waals surface area contributed by atoms with Gasteiger partial charge in [0.15, 0.2) is 11.5 Å². The third-order valence-electron chi connectivity index (χ3n) is 4.92. The van der Waals surface area contributed by atoms with Gasteiger partial charge in [-0.2, -0.15) is 13.2 Å². The van der Waals surface area contributed by atoms with Crippen molar-refractivity contribution in [3.05, 3.63) is 46.6 Å². The van der Waals surface area contributed by atoms with E-state index in [-0.39, 0.29) is 22.8 Å². The van der Waals surface area contributed by atoms with Gasteiger partial charge in [0, 0.05) is 30.9 Å². The van der Waals surface area contributed by atoms with E-state index in [1.165, 1.54) is 14.2 Å². The van der Waals surface area contributed by atoms with Gasteiger partial charge in [-0.25, -0.2) is 4.98 Å². The Morgan fingerprint density at radius 2 is 1.83 bits per heavy atom. The van der Waals surface area contributed by atoms with E-state index in [1.54, 1.807) is 23.1 Å². The lowest BCUT2D eigenvalue weighted by Crippen LogP contribution is -2.42. The molecule has 0 unspecified atom stereocenters. The van der Waals surface area contributed by atoms with Gasteiger partial charge in [0.05, 0.1) is 24.8 Å². The van der Waals surface area contributed by atoms with E-state index >= 15 is 0 Å². The maximum atomic E-state index is 12.8. The molecule has 0 bridgehead atoms. The SMILES string of the molecule is COc1ccc(C(=O)N2CCC(Nc3ncc(C(F)(F)F)cc3Cl)CC2)cc1OC. The molecule has 2 heterocycles. The number of aromatic nitrogens is 1. The van der Waals surface area contributed by atoms with Crippen LogP contribution in [-0.4, -0.2) is 49.1 Å². The number of nitrogens with zero attached hydrogens (tertiary/aromatic N) is 2. The largest absolute Gasteiger partial charge is 0.493 e. The van der Waals surface area contributed by atoms with Crippen molar-refractivity contribution < 1.29 is 27.4 Å². The van der Waals surface area contributed by atoms with Crippen molar-refractivity contribution >= 4 is 23.3 Å². The van der Waals surface area contributed by atoms with Gasteiger partial charge in [0.1, 0.15) is 5.82 Å². The second kappa shape index (κ2) is 8.99. The average molecular weight is 444 g/mol. The molecule has 1 saturated heterocycles. The van der Waals surface area contributed by atoms with Crippen LogP contribution in [0.2, 0.25) is 5.02 Å². The van der Waals surface area contributed by atoms with Crippen LogP contribution in [-0.2, 0) is 6.18 Å². The van der Waals surface area contributed by atoms with Gasteiger partial charge in [-0.05, 0) is 37.1 Å². The van der Waals surface area contributed by atoms with Crippen LogP contribution in [0.15, 0.2) is 30.5 Å². The smallest absolute Gasteiger partial charge is 0.417 e. The number of ether oxygens (including phenoxy) is 2. The second-order valence-corrected chi connectivity index (χ2v) is 7.24. The second-order valence-electron chi connectivity index (χ2n) is 6.83. The zero-order valence-electron chi connectivity index (χ0n) is 16.4. The summed E-state index contributed by atoms with van der Waals surface area (Å²) in [5.41, 5.74) is -0.403. The minimum Gasteiger partial charge on any atom is -0.493 e. The summed E-state index contributed by atoms with van der Waals surface area (Å²) in [5, 5.41) is 2.99. The van der Waals surface area contributed by atoms with Crippen LogP contribution in [0, 0.1) is 0 Å². The molecule has 6 nitrogen and oxygen atoms in total. The number of hydrogen-bond acceptors (Lipinski definition) is 5. The zero-order chi connectivity index (χ0) is 21.9. The lowest BCUT2D eigenvalue weighted by molar-refractivity contribution is -0.137. The summed E-state index contributed by atoms with van der Waals surface area (Å²) in [7, 11) is 3.03. The van der Waals surface area contributed by atoms with Crippen LogP contribution < -0.4 is 14.8 Å². The normalized spacial score (nSPS) is 15.1. The minimum atomic E-state index is -4.50. The minimum absolute atomic E-state index is 0.0545. The Morgan fingerprint density at radius 3 is 2.40 bits per heavy atom. The fraction of sp³-hybridized carbons (Fsp3) is 0.400. The van der Waals surface area contributed by atoms with E-state index < -0.39 is 11.7 Å². The van der Waals surface area contributed by atoms with Crippen LogP contribution >= 0.6 is 11.6 Å². The molecule has 0 radical (unpaired) electrons. The zero-order valence-corrected chi connectivity index (χ0v) is 17.2. The van der Waals surface area contributed by atoms with Crippen molar-refractivity contribution in [2.24, 2.45) is 0 Å². The Hall–Kier alpha value is -2.68. The first-order valence-electron chi connectivity index (χ1n) is 9.23. The number of rotatable bonds is 5. The third kappa shape index (κ3) is 4.89. The topological polar surface area (TPSA) is 63.7 Å². The van der Waals surface area contributed by atoms with E-state index in [1.807, 2.05) is 0 Å². The van der Waals surface area contributed by atoms with E-state index in [4.69, 9.17) is 21.1 Å². The lowest BCUT2D eigenvalue weighted by Gasteiger charge is -2.33. The Morgan fingerprint density at radius 1 is 1.17 bits per heavy atom. The van der Waals surface area contributed by atoms with Gasteiger partial charge < -0.3 is 19.7 Å². The summed E-state index contributed by atoms with van der Waals surface area (Å²) in [6, 6.07) is 5.80. The molecule has 10 heteroatoms. The number of carbonyl (C=O) groups excluding carboxylic acids is 1. The molecule has 0 atom stereocenters. The Kier molecular flexibility index (Phi) is 6.60. The van der Waals surface area contributed by atoms with Crippen LogP contribution in [0.4, 0.5) is 19.0 Å². The summed E-state index contributed by atoms with van der Waals surface area (Å²) in [6.45, 7) is 0.978. The van der Waals surface area contributed by atoms with E-state index in [0.717, 1.165) is 12.3 Å². The number of alkyl halides is 3. The Labute approximate surface area is 176 Å². The third-order valence-corrected chi connectivity index (χ3v) is 5.21.